The smallest absolute Gasteiger partial charge is 0.131 e. The number of imidazole rings is 1. The molecule has 0 unspecified atom stereocenters. The number of aromatic amines is 1. The van der Waals surface area contributed by atoms with E-state index in [1.54, 1.807) is 6.20 Å². The molecule has 1 rings (SSSR count). The highest BCUT2D eigenvalue weighted by atomic mass is 14.9. The van der Waals surface area contributed by atoms with E-state index >= 15 is 0 Å². The Bertz CT molecular complexity index is 283. The van der Waals surface area contributed by atoms with Gasteiger partial charge in [-0.1, -0.05) is 20.8 Å². The van der Waals surface area contributed by atoms with Crippen molar-refractivity contribution in [2.45, 2.75) is 26.2 Å². The lowest BCUT2D eigenvalue weighted by atomic mass is 9.96. The summed E-state index contributed by atoms with van der Waals surface area (Å²) in [5.74, 6) is 3.41. The van der Waals surface area contributed by atoms with E-state index in [1.165, 1.54) is 0 Å². The van der Waals surface area contributed by atoms with E-state index in [0.29, 0.717) is 5.69 Å². The van der Waals surface area contributed by atoms with Crippen LogP contribution in [0.15, 0.2) is 6.20 Å². The minimum Gasteiger partial charge on any atom is -0.347 e. The van der Waals surface area contributed by atoms with Crippen LogP contribution in [0.5, 0.6) is 0 Å². The zero-order valence-corrected chi connectivity index (χ0v) is 7.10. The topological polar surface area (TPSA) is 28.7 Å². The van der Waals surface area contributed by atoms with Crippen molar-refractivity contribution in [1.82, 2.24) is 9.97 Å². The Kier molecular flexibility index (Phi) is 1.74. The number of hydrogen-bond donors (Lipinski definition) is 1. The molecule has 0 aromatic carbocycles. The molecule has 0 amide bonds. The lowest BCUT2D eigenvalue weighted by molar-refractivity contribution is 0.552. The third-order valence-corrected chi connectivity index (χ3v) is 1.44. The van der Waals surface area contributed by atoms with Crippen molar-refractivity contribution in [3.05, 3.63) is 17.7 Å². The second-order valence-corrected chi connectivity index (χ2v) is 3.53. The van der Waals surface area contributed by atoms with E-state index in [-0.39, 0.29) is 5.41 Å². The molecular formula is C9H12N2. The highest BCUT2D eigenvalue weighted by Gasteiger charge is 2.16. The highest BCUT2D eigenvalue weighted by Crippen LogP contribution is 2.17. The Hall–Kier alpha value is -1.23. The summed E-state index contributed by atoms with van der Waals surface area (Å²) < 4.78 is 0. The number of hydrogen-bond acceptors (Lipinski definition) is 1. The predicted octanol–water partition coefficient (Wildman–Crippen LogP) is 1.69. The Morgan fingerprint density at radius 3 is 2.45 bits per heavy atom. The van der Waals surface area contributed by atoms with Gasteiger partial charge >= 0.3 is 0 Å². The summed E-state index contributed by atoms with van der Waals surface area (Å²) in [6.45, 7) is 6.27. The molecule has 1 heterocycles. The third kappa shape index (κ3) is 1.62. The molecule has 1 aromatic heterocycles. The molecule has 0 aliphatic heterocycles. The maximum Gasteiger partial charge on any atom is 0.131 e. The van der Waals surface area contributed by atoms with E-state index in [9.17, 15) is 0 Å². The number of nitrogens with zero attached hydrogens (tertiary/aromatic N) is 1. The van der Waals surface area contributed by atoms with E-state index < -0.39 is 0 Å². The normalized spacial score (nSPS) is 11.1. The molecule has 58 valence electrons. The van der Waals surface area contributed by atoms with Crippen molar-refractivity contribution in [3.8, 4) is 12.3 Å². The highest BCUT2D eigenvalue weighted by molar-refractivity contribution is 5.23. The Morgan fingerprint density at radius 2 is 2.18 bits per heavy atom. The average Bonchev–Trinajstić information content (AvgIpc) is 2.32. The molecule has 0 radical (unpaired) electrons. The lowest BCUT2D eigenvalue weighted by Gasteiger charge is -2.13. The molecule has 0 bridgehead atoms. The van der Waals surface area contributed by atoms with Gasteiger partial charge in [0.1, 0.15) is 11.5 Å². The SMILES string of the molecule is C#Cc1c[nH]c(C(C)(C)C)n1. The van der Waals surface area contributed by atoms with Gasteiger partial charge in [-0.3, -0.25) is 0 Å². The summed E-state index contributed by atoms with van der Waals surface area (Å²) in [5, 5.41) is 0. The molecule has 0 fully saturated rings. The molecule has 0 spiro atoms. The summed E-state index contributed by atoms with van der Waals surface area (Å²) in [6, 6.07) is 0. The van der Waals surface area contributed by atoms with Crippen molar-refractivity contribution in [1.29, 1.82) is 0 Å². The van der Waals surface area contributed by atoms with E-state index in [4.69, 9.17) is 6.42 Å². The molecule has 2 nitrogen and oxygen atoms in total. The molecule has 0 aliphatic carbocycles. The molecule has 1 aromatic rings. The second-order valence-electron chi connectivity index (χ2n) is 3.53. The number of aromatic nitrogens is 2. The second kappa shape index (κ2) is 2.43. The molecule has 1 N–H and O–H groups in total. The largest absolute Gasteiger partial charge is 0.347 e. The van der Waals surface area contributed by atoms with Gasteiger partial charge in [-0.15, -0.1) is 6.42 Å². The summed E-state index contributed by atoms with van der Waals surface area (Å²) in [4.78, 5) is 7.25. The lowest BCUT2D eigenvalue weighted by Crippen LogP contribution is -2.13. The quantitative estimate of drug-likeness (QED) is 0.557. The van der Waals surface area contributed by atoms with Gasteiger partial charge in [0.05, 0.1) is 0 Å². The Morgan fingerprint density at radius 1 is 1.55 bits per heavy atom. The van der Waals surface area contributed by atoms with Crippen molar-refractivity contribution in [2.24, 2.45) is 0 Å². The van der Waals surface area contributed by atoms with Crippen molar-refractivity contribution < 1.29 is 0 Å². The van der Waals surface area contributed by atoms with E-state index in [1.807, 2.05) is 0 Å². The first kappa shape index (κ1) is 7.87. The number of terminal acetylenes is 1. The average molecular weight is 148 g/mol. The maximum atomic E-state index is 5.17. The van der Waals surface area contributed by atoms with Crippen LogP contribution >= 0.6 is 0 Å². The molecule has 2 heteroatoms. The molecule has 11 heavy (non-hydrogen) atoms. The molecular weight excluding hydrogens is 136 g/mol. The first-order valence-electron chi connectivity index (χ1n) is 3.56. The number of rotatable bonds is 0. The molecule has 0 atom stereocenters. The fourth-order valence-electron chi connectivity index (χ4n) is 0.780. The predicted molar refractivity (Wildman–Crippen MR) is 45.2 cm³/mol. The molecule has 0 saturated carbocycles. The van der Waals surface area contributed by atoms with E-state index in [2.05, 4.69) is 36.7 Å². The summed E-state index contributed by atoms with van der Waals surface area (Å²) >= 11 is 0. The van der Waals surface area contributed by atoms with Crippen LogP contribution in [0.3, 0.4) is 0 Å². The van der Waals surface area contributed by atoms with Crippen LogP contribution in [-0.4, -0.2) is 9.97 Å². The van der Waals surface area contributed by atoms with Gasteiger partial charge in [-0.25, -0.2) is 4.98 Å². The Labute approximate surface area is 67.0 Å². The van der Waals surface area contributed by atoms with Crippen molar-refractivity contribution in [2.75, 3.05) is 0 Å². The van der Waals surface area contributed by atoms with Gasteiger partial charge < -0.3 is 4.98 Å². The number of H-pyrrole nitrogens is 1. The van der Waals surface area contributed by atoms with Gasteiger partial charge in [-0.05, 0) is 5.92 Å². The number of nitrogens with one attached hydrogen (secondary N) is 1. The zero-order valence-electron chi connectivity index (χ0n) is 7.10. The third-order valence-electron chi connectivity index (χ3n) is 1.44. The van der Waals surface area contributed by atoms with Crippen LogP contribution in [0, 0.1) is 12.3 Å². The maximum absolute atomic E-state index is 5.17. The fourth-order valence-corrected chi connectivity index (χ4v) is 0.780. The van der Waals surface area contributed by atoms with Crippen LogP contribution in [0.25, 0.3) is 0 Å². The standard InChI is InChI=1S/C9H12N2/c1-5-7-6-10-8(11-7)9(2,3)4/h1,6H,2-4H3,(H,10,11). The summed E-state index contributed by atoms with van der Waals surface area (Å²) in [6.07, 6.45) is 6.92. The van der Waals surface area contributed by atoms with Crippen molar-refractivity contribution in [3.63, 3.8) is 0 Å². The van der Waals surface area contributed by atoms with Crippen LogP contribution in [0.1, 0.15) is 32.3 Å². The Balaban J connectivity index is 3.01. The molecule has 0 saturated heterocycles. The van der Waals surface area contributed by atoms with Crippen LogP contribution in [0.4, 0.5) is 0 Å². The summed E-state index contributed by atoms with van der Waals surface area (Å²) in [5.41, 5.74) is 0.727. The van der Waals surface area contributed by atoms with Gasteiger partial charge in [0.15, 0.2) is 0 Å². The van der Waals surface area contributed by atoms with Gasteiger partial charge in [0.2, 0.25) is 0 Å². The van der Waals surface area contributed by atoms with Gasteiger partial charge in [0, 0.05) is 11.6 Å². The summed E-state index contributed by atoms with van der Waals surface area (Å²) in [7, 11) is 0. The fraction of sp³-hybridized carbons (Fsp3) is 0.444. The van der Waals surface area contributed by atoms with Crippen LogP contribution in [-0.2, 0) is 5.41 Å². The monoisotopic (exact) mass is 148 g/mol. The first-order chi connectivity index (χ1) is 5.04. The minimum absolute atomic E-state index is 0.0507. The van der Waals surface area contributed by atoms with Crippen LogP contribution < -0.4 is 0 Å². The van der Waals surface area contributed by atoms with Crippen LogP contribution in [0.2, 0.25) is 0 Å². The minimum atomic E-state index is 0.0507. The van der Waals surface area contributed by atoms with Crippen molar-refractivity contribution >= 4 is 0 Å². The first-order valence-corrected chi connectivity index (χ1v) is 3.56. The van der Waals surface area contributed by atoms with E-state index in [0.717, 1.165) is 5.82 Å². The zero-order chi connectivity index (χ0) is 8.48. The van der Waals surface area contributed by atoms with Gasteiger partial charge in [-0.2, -0.15) is 0 Å². The van der Waals surface area contributed by atoms with Gasteiger partial charge in [0.25, 0.3) is 0 Å². The molecule has 0 aliphatic rings.